The van der Waals surface area contributed by atoms with Gasteiger partial charge in [0.05, 0.1) is 6.42 Å². The number of aromatic hydroxyl groups is 2. The van der Waals surface area contributed by atoms with Crippen LogP contribution in [0.15, 0.2) is 36.4 Å². The highest BCUT2D eigenvalue weighted by Gasteiger charge is 2.35. The predicted octanol–water partition coefficient (Wildman–Crippen LogP) is 3.81. The molecule has 3 N–H and O–H groups in total. The van der Waals surface area contributed by atoms with E-state index in [1.54, 1.807) is 0 Å². The number of carboxylic acid groups (broad SMARTS) is 1. The monoisotopic (exact) mass is 342 g/mol. The van der Waals surface area contributed by atoms with Gasteiger partial charge in [-0.3, -0.25) is 4.79 Å². The number of hydrogen-bond donors (Lipinski definition) is 3. The van der Waals surface area contributed by atoms with Gasteiger partial charge < -0.3 is 20.1 Å². The van der Waals surface area contributed by atoms with Crippen molar-refractivity contribution in [3.8, 4) is 17.2 Å². The van der Waals surface area contributed by atoms with E-state index in [2.05, 4.69) is 0 Å². The van der Waals surface area contributed by atoms with E-state index in [-0.39, 0.29) is 17.9 Å². The van der Waals surface area contributed by atoms with E-state index in [4.69, 9.17) is 4.74 Å². The molecule has 0 aromatic heterocycles. The number of carboxylic acids is 1. The van der Waals surface area contributed by atoms with E-state index in [0.29, 0.717) is 23.3 Å². The highest BCUT2D eigenvalue weighted by Crippen LogP contribution is 2.49. The van der Waals surface area contributed by atoms with E-state index in [9.17, 15) is 20.1 Å². The lowest BCUT2D eigenvalue weighted by molar-refractivity contribution is -0.137. The van der Waals surface area contributed by atoms with Gasteiger partial charge in [-0.2, -0.15) is 0 Å². The molecule has 3 rings (SSSR count). The molecule has 1 aliphatic heterocycles. The van der Waals surface area contributed by atoms with Gasteiger partial charge in [-0.1, -0.05) is 30.3 Å². The average Bonchev–Trinajstić information content (AvgIpc) is 2.53. The molecular formula is C20H22O5. The van der Waals surface area contributed by atoms with Crippen molar-refractivity contribution in [3.63, 3.8) is 0 Å². The number of phenolic OH excluding ortho intramolecular Hbond substituents is 2. The largest absolute Gasteiger partial charge is 0.507 e. The SMILES string of the molecule is CC1(C)CCc2c(O)cc(O)c(C(CC(=O)O)c3ccccc3)c2O1. The molecule has 0 saturated heterocycles. The minimum absolute atomic E-state index is 0.0195. The van der Waals surface area contributed by atoms with Crippen molar-refractivity contribution in [2.45, 2.75) is 44.6 Å². The lowest BCUT2D eigenvalue weighted by Crippen LogP contribution is -2.33. The molecule has 1 unspecified atom stereocenters. The van der Waals surface area contributed by atoms with Crippen molar-refractivity contribution in [1.82, 2.24) is 0 Å². The standard InChI is InChI=1S/C20H22O5/c1-20(2)9-8-13-15(21)11-16(22)18(19(13)25-20)14(10-17(23)24)12-6-4-3-5-7-12/h3-7,11,14,21-22H,8-10H2,1-2H3,(H,23,24). The Morgan fingerprint density at radius 2 is 1.88 bits per heavy atom. The Morgan fingerprint density at radius 3 is 2.52 bits per heavy atom. The molecule has 1 aliphatic rings. The first-order valence-electron chi connectivity index (χ1n) is 8.32. The fourth-order valence-corrected chi connectivity index (χ4v) is 3.38. The van der Waals surface area contributed by atoms with Crippen LogP contribution in [0.25, 0.3) is 0 Å². The Hall–Kier alpha value is -2.69. The topological polar surface area (TPSA) is 87.0 Å². The lowest BCUT2D eigenvalue weighted by Gasteiger charge is -2.35. The normalized spacial score (nSPS) is 16.6. The number of fused-ring (bicyclic) bond motifs is 1. The van der Waals surface area contributed by atoms with Gasteiger partial charge in [0.2, 0.25) is 0 Å². The summed E-state index contributed by atoms with van der Waals surface area (Å²) in [4.78, 5) is 11.5. The summed E-state index contributed by atoms with van der Waals surface area (Å²) in [7, 11) is 0. The average molecular weight is 342 g/mol. The van der Waals surface area contributed by atoms with Gasteiger partial charge >= 0.3 is 5.97 Å². The first kappa shape index (κ1) is 17.1. The van der Waals surface area contributed by atoms with Crippen LogP contribution in [0.4, 0.5) is 0 Å². The van der Waals surface area contributed by atoms with Crippen LogP contribution >= 0.6 is 0 Å². The number of benzene rings is 2. The fraction of sp³-hybridized carbons (Fsp3) is 0.350. The molecule has 0 amide bonds. The number of ether oxygens (including phenoxy) is 1. The van der Waals surface area contributed by atoms with Gasteiger partial charge in [0.25, 0.3) is 0 Å². The van der Waals surface area contributed by atoms with Crippen LogP contribution in [0.2, 0.25) is 0 Å². The summed E-state index contributed by atoms with van der Waals surface area (Å²) in [6.45, 7) is 3.88. The quantitative estimate of drug-likeness (QED) is 0.786. The fourth-order valence-electron chi connectivity index (χ4n) is 3.38. The number of rotatable bonds is 4. The van der Waals surface area contributed by atoms with Gasteiger partial charge in [-0.15, -0.1) is 0 Å². The minimum atomic E-state index is -0.967. The molecule has 2 aromatic rings. The zero-order valence-electron chi connectivity index (χ0n) is 14.3. The smallest absolute Gasteiger partial charge is 0.304 e. The second-order valence-corrected chi connectivity index (χ2v) is 7.06. The maximum atomic E-state index is 11.5. The molecule has 5 heteroatoms. The Kier molecular flexibility index (Phi) is 4.33. The Balaban J connectivity index is 2.21. The molecule has 0 bridgehead atoms. The molecule has 25 heavy (non-hydrogen) atoms. The van der Waals surface area contributed by atoms with E-state index in [1.165, 1.54) is 6.07 Å². The van der Waals surface area contributed by atoms with Crippen molar-refractivity contribution < 1.29 is 24.9 Å². The number of hydrogen-bond acceptors (Lipinski definition) is 4. The Morgan fingerprint density at radius 1 is 1.20 bits per heavy atom. The van der Waals surface area contributed by atoms with Crippen LogP contribution in [0, 0.1) is 0 Å². The van der Waals surface area contributed by atoms with Crippen molar-refractivity contribution in [3.05, 3.63) is 53.1 Å². The third-order valence-corrected chi connectivity index (χ3v) is 4.66. The van der Waals surface area contributed by atoms with Crippen LogP contribution in [0.3, 0.4) is 0 Å². The summed E-state index contributed by atoms with van der Waals surface area (Å²) >= 11 is 0. The number of phenols is 2. The Bertz CT molecular complexity index is 795. The van der Waals surface area contributed by atoms with E-state index in [1.807, 2.05) is 44.2 Å². The highest BCUT2D eigenvalue weighted by molar-refractivity contribution is 5.71. The van der Waals surface area contributed by atoms with Gasteiger partial charge in [-0.05, 0) is 32.3 Å². The molecule has 2 aromatic carbocycles. The molecular weight excluding hydrogens is 320 g/mol. The highest BCUT2D eigenvalue weighted by atomic mass is 16.5. The summed E-state index contributed by atoms with van der Waals surface area (Å²) < 4.78 is 6.08. The third-order valence-electron chi connectivity index (χ3n) is 4.66. The molecule has 1 heterocycles. The van der Waals surface area contributed by atoms with Crippen molar-refractivity contribution >= 4 is 5.97 Å². The lowest BCUT2D eigenvalue weighted by atomic mass is 9.83. The Labute approximate surface area is 146 Å². The van der Waals surface area contributed by atoms with Gasteiger partial charge in [0.1, 0.15) is 22.8 Å². The summed E-state index contributed by atoms with van der Waals surface area (Å²) in [6, 6.07) is 10.5. The van der Waals surface area contributed by atoms with Crippen molar-refractivity contribution in [2.75, 3.05) is 0 Å². The molecule has 1 atom stereocenters. The zero-order chi connectivity index (χ0) is 18.2. The molecule has 5 nitrogen and oxygen atoms in total. The van der Waals surface area contributed by atoms with E-state index in [0.717, 1.165) is 12.0 Å². The molecule has 0 saturated carbocycles. The van der Waals surface area contributed by atoms with Gasteiger partial charge in [0, 0.05) is 23.1 Å². The van der Waals surface area contributed by atoms with Crippen molar-refractivity contribution in [2.24, 2.45) is 0 Å². The van der Waals surface area contributed by atoms with Crippen LogP contribution < -0.4 is 4.74 Å². The summed E-state index contributed by atoms with van der Waals surface area (Å²) in [5, 5.41) is 30.1. The van der Waals surface area contributed by atoms with Crippen molar-refractivity contribution in [1.29, 1.82) is 0 Å². The minimum Gasteiger partial charge on any atom is -0.507 e. The van der Waals surface area contributed by atoms with Crippen LogP contribution in [-0.4, -0.2) is 26.9 Å². The summed E-state index contributed by atoms with van der Waals surface area (Å²) in [5.41, 5.74) is 1.37. The molecule has 0 aliphatic carbocycles. The number of carbonyl (C=O) groups is 1. The molecule has 0 fully saturated rings. The molecule has 0 spiro atoms. The predicted molar refractivity (Wildman–Crippen MR) is 93.3 cm³/mol. The van der Waals surface area contributed by atoms with Gasteiger partial charge in [-0.25, -0.2) is 0 Å². The van der Waals surface area contributed by atoms with E-state index < -0.39 is 17.5 Å². The second kappa shape index (κ2) is 6.31. The van der Waals surface area contributed by atoms with Gasteiger partial charge in [0.15, 0.2) is 0 Å². The van der Waals surface area contributed by atoms with E-state index >= 15 is 0 Å². The first-order chi connectivity index (χ1) is 11.8. The van der Waals surface area contributed by atoms with Crippen LogP contribution in [-0.2, 0) is 11.2 Å². The molecule has 0 radical (unpaired) electrons. The molecule has 132 valence electrons. The summed E-state index contributed by atoms with van der Waals surface area (Å²) in [5.74, 6) is -1.30. The maximum absolute atomic E-state index is 11.5. The first-order valence-corrected chi connectivity index (χ1v) is 8.32. The maximum Gasteiger partial charge on any atom is 0.304 e. The summed E-state index contributed by atoms with van der Waals surface area (Å²) in [6.07, 6.45) is 1.15. The van der Waals surface area contributed by atoms with Crippen LogP contribution in [0.5, 0.6) is 17.2 Å². The second-order valence-electron chi connectivity index (χ2n) is 7.06. The van der Waals surface area contributed by atoms with Crippen LogP contribution in [0.1, 0.15) is 49.3 Å². The zero-order valence-corrected chi connectivity index (χ0v) is 14.3. The number of aliphatic carboxylic acids is 1. The third kappa shape index (κ3) is 3.40.